The van der Waals surface area contributed by atoms with Gasteiger partial charge < -0.3 is 10.4 Å². The van der Waals surface area contributed by atoms with Gasteiger partial charge in [0.15, 0.2) is 0 Å². The summed E-state index contributed by atoms with van der Waals surface area (Å²) in [7, 11) is 0. The fourth-order valence-corrected chi connectivity index (χ4v) is 1.58. The summed E-state index contributed by atoms with van der Waals surface area (Å²) in [5, 5.41) is 12.6. The summed E-state index contributed by atoms with van der Waals surface area (Å²) in [6.45, 7) is 3.37. The van der Waals surface area contributed by atoms with E-state index in [1.54, 1.807) is 0 Å². The van der Waals surface area contributed by atoms with E-state index in [0.29, 0.717) is 0 Å². The van der Waals surface area contributed by atoms with Gasteiger partial charge in [-0.05, 0) is 24.9 Å². The van der Waals surface area contributed by atoms with Crippen LogP contribution in [0.15, 0.2) is 30.3 Å². The van der Waals surface area contributed by atoms with Crippen LogP contribution in [-0.4, -0.2) is 24.3 Å². The molecule has 0 aliphatic heterocycles. The van der Waals surface area contributed by atoms with Gasteiger partial charge in [-0.3, -0.25) is 0 Å². The molecule has 0 saturated carbocycles. The predicted octanol–water partition coefficient (Wildman–Crippen LogP) is 1.98. The van der Waals surface area contributed by atoms with Crippen LogP contribution in [0, 0.1) is 0 Å². The average molecular weight is 207 g/mol. The molecule has 0 radical (unpaired) electrons. The van der Waals surface area contributed by atoms with Crippen molar-refractivity contribution in [2.75, 3.05) is 13.2 Å². The summed E-state index contributed by atoms with van der Waals surface area (Å²) in [5.74, 6) is 0. The van der Waals surface area contributed by atoms with E-state index in [4.69, 9.17) is 0 Å². The second kappa shape index (κ2) is 7.43. The monoisotopic (exact) mass is 207 g/mol. The maximum atomic E-state index is 9.22. The molecule has 2 N–H and O–H groups in total. The quantitative estimate of drug-likeness (QED) is 0.670. The van der Waals surface area contributed by atoms with Gasteiger partial charge in [0.25, 0.3) is 0 Å². The van der Waals surface area contributed by atoms with Gasteiger partial charge in [-0.2, -0.15) is 0 Å². The Morgan fingerprint density at radius 1 is 1.27 bits per heavy atom. The minimum Gasteiger partial charge on any atom is -0.395 e. The van der Waals surface area contributed by atoms with Crippen molar-refractivity contribution in [1.82, 2.24) is 5.32 Å². The second-order valence-electron chi connectivity index (χ2n) is 3.88. The zero-order valence-corrected chi connectivity index (χ0v) is 9.45. The topological polar surface area (TPSA) is 32.3 Å². The number of nitrogens with one attached hydrogen (secondary N) is 1. The van der Waals surface area contributed by atoms with Crippen LogP contribution in [0.25, 0.3) is 0 Å². The van der Waals surface area contributed by atoms with E-state index >= 15 is 0 Å². The lowest BCUT2D eigenvalue weighted by Crippen LogP contribution is -2.35. The van der Waals surface area contributed by atoms with Gasteiger partial charge in [0.2, 0.25) is 0 Å². The van der Waals surface area contributed by atoms with E-state index < -0.39 is 0 Å². The normalized spacial score (nSPS) is 12.7. The maximum Gasteiger partial charge on any atom is 0.0587 e. The van der Waals surface area contributed by atoms with Crippen LogP contribution in [0.4, 0.5) is 0 Å². The first-order valence-corrected chi connectivity index (χ1v) is 5.75. The Morgan fingerprint density at radius 2 is 2.00 bits per heavy atom. The summed E-state index contributed by atoms with van der Waals surface area (Å²) in [4.78, 5) is 0. The molecule has 0 spiro atoms. The highest BCUT2D eigenvalue weighted by Gasteiger charge is 2.06. The Labute approximate surface area is 92.3 Å². The number of unbranched alkanes of at least 4 members (excludes halogenated alkanes) is 1. The standard InChI is InChI=1S/C13H21NO/c1-2-3-9-14-13(11-15)10-12-7-5-4-6-8-12/h4-8,13-15H,2-3,9-11H2,1H3/t13-/m0/s1. The van der Waals surface area contributed by atoms with E-state index in [1.165, 1.54) is 18.4 Å². The van der Waals surface area contributed by atoms with E-state index in [-0.39, 0.29) is 12.6 Å². The fourth-order valence-electron chi connectivity index (χ4n) is 1.58. The van der Waals surface area contributed by atoms with E-state index in [0.717, 1.165) is 13.0 Å². The van der Waals surface area contributed by atoms with Crippen LogP contribution in [0.1, 0.15) is 25.3 Å². The first-order chi connectivity index (χ1) is 7.36. The van der Waals surface area contributed by atoms with Gasteiger partial charge in [0, 0.05) is 6.04 Å². The van der Waals surface area contributed by atoms with Gasteiger partial charge in [-0.25, -0.2) is 0 Å². The molecule has 15 heavy (non-hydrogen) atoms. The van der Waals surface area contributed by atoms with Gasteiger partial charge in [-0.1, -0.05) is 43.7 Å². The number of aliphatic hydroxyl groups is 1. The zero-order chi connectivity index (χ0) is 10.9. The van der Waals surface area contributed by atoms with Crippen LogP contribution in [0.2, 0.25) is 0 Å². The van der Waals surface area contributed by atoms with Crippen molar-refractivity contribution < 1.29 is 5.11 Å². The SMILES string of the molecule is CCCCN[C@H](CO)Cc1ccccc1. The van der Waals surface area contributed by atoms with E-state index in [1.807, 2.05) is 18.2 Å². The minimum atomic E-state index is 0.193. The van der Waals surface area contributed by atoms with Crippen LogP contribution >= 0.6 is 0 Å². The Bertz CT molecular complexity index is 248. The molecule has 2 heteroatoms. The zero-order valence-electron chi connectivity index (χ0n) is 9.45. The van der Waals surface area contributed by atoms with Crippen molar-refractivity contribution in [2.45, 2.75) is 32.2 Å². The van der Waals surface area contributed by atoms with E-state index in [9.17, 15) is 5.11 Å². The fraction of sp³-hybridized carbons (Fsp3) is 0.538. The van der Waals surface area contributed by atoms with Gasteiger partial charge >= 0.3 is 0 Å². The lowest BCUT2D eigenvalue weighted by molar-refractivity contribution is 0.241. The molecule has 84 valence electrons. The van der Waals surface area contributed by atoms with Crippen molar-refractivity contribution in [1.29, 1.82) is 0 Å². The maximum absolute atomic E-state index is 9.22. The van der Waals surface area contributed by atoms with Crippen molar-refractivity contribution >= 4 is 0 Å². The molecule has 1 aromatic rings. The molecule has 1 atom stereocenters. The molecular formula is C13H21NO. The predicted molar refractivity (Wildman–Crippen MR) is 63.9 cm³/mol. The van der Waals surface area contributed by atoms with Crippen LogP contribution in [-0.2, 0) is 6.42 Å². The molecule has 0 aliphatic rings. The molecule has 0 unspecified atom stereocenters. The van der Waals surface area contributed by atoms with Gasteiger partial charge in [0.1, 0.15) is 0 Å². The van der Waals surface area contributed by atoms with Crippen LogP contribution in [0.5, 0.6) is 0 Å². The summed E-state index contributed by atoms with van der Waals surface area (Å²) in [6, 6.07) is 10.5. The lowest BCUT2D eigenvalue weighted by Gasteiger charge is -2.15. The molecular weight excluding hydrogens is 186 g/mol. The number of aliphatic hydroxyl groups excluding tert-OH is 1. The first-order valence-electron chi connectivity index (χ1n) is 5.75. The molecule has 1 rings (SSSR count). The third-order valence-corrected chi connectivity index (χ3v) is 2.51. The highest BCUT2D eigenvalue weighted by molar-refractivity contribution is 5.15. The van der Waals surface area contributed by atoms with Crippen molar-refractivity contribution in [2.24, 2.45) is 0 Å². The van der Waals surface area contributed by atoms with E-state index in [2.05, 4.69) is 24.4 Å². The van der Waals surface area contributed by atoms with Gasteiger partial charge in [-0.15, -0.1) is 0 Å². The molecule has 1 aromatic carbocycles. The Morgan fingerprint density at radius 3 is 2.60 bits per heavy atom. The highest BCUT2D eigenvalue weighted by atomic mass is 16.3. The molecule has 0 heterocycles. The Hall–Kier alpha value is -0.860. The molecule has 0 aromatic heterocycles. The first kappa shape index (κ1) is 12.2. The third kappa shape index (κ3) is 4.96. The third-order valence-electron chi connectivity index (χ3n) is 2.51. The summed E-state index contributed by atoms with van der Waals surface area (Å²) < 4.78 is 0. The lowest BCUT2D eigenvalue weighted by atomic mass is 10.1. The van der Waals surface area contributed by atoms with Crippen LogP contribution < -0.4 is 5.32 Å². The number of rotatable bonds is 7. The largest absolute Gasteiger partial charge is 0.395 e. The summed E-state index contributed by atoms with van der Waals surface area (Å²) in [5.41, 5.74) is 1.28. The Balaban J connectivity index is 2.33. The second-order valence-corrected chi connectivity index (χ2v) is 3.88. The van der Waals surface area contributed by atoms with Crippen molar-refractivity contribution in [3.8, 4) is 0 Å². The van der Waals surface area contributed by atoms with Crippen molar-refractivity contribution in [3.63, 3.8) is 0 Å². The molecule has 0 amide bonds. The molecule has 2 nitrogen and oxygen atoms in total. The minimum absolute atomic E-state index is 0.193. The van der Waals surface area contributed by atoms with Crippen LogP contribution in [0.3, 0.4) is 0 Å². The summed E-state index contributed by atoms with van der Waals surface area (Å²) >= 11 is 0. The number of hydrogen-bond acceptors (Lipinski definition) is 2. The van der Waals surface area contributed by atoms with Gasteiger partial charge in [0.05, 0.1) is 6.61 Å². The molecule has 0 bridgehead atoms. The highest BCUT2D eigenvalue weighted by Crippen LogP contribution is 2.02. The smallest absolute Gasteiger partial charge is 0.0587 e. The average Bonchev–Trinajstić information content (AvgIpc) is 2.29. The number of hydrogen-bond donors (Lipinski definition) is 2. The molecule has 0 saturated heterocycles. The van der Waals surface area contributed by atoms with Crippen molar-refractivity contribution in [3.05, 3.63) is 35.9 Å². The number of benzene rings is 1. The summed E-state index contributed by atoms with van der Waals surface area (Å²) in [6.07, 6.45) is 3.27. The Kier molecular flexibility index (Phi) is 6.05. The molecule has 0 aliphatic carbocycles. The molecule has 0 fully saturated rings.